The molecule has 9 nitrogen and oxygen atoms in total. The largest absolute Gasteiger partial charge is 0.496 e. The maximum Gasteiger partial charge on any atom is 0.313 e. The van der Waals surface area contributed by atoms with Gasteiger partial charge in [-0.3, -0.25) is 14.4 Å². The standard InChI is InChI=1S/C26H27F7N2O7S/c1-40-21-10-19(28)22(42-15-5-2-13(3-6-15)26(38)39)9-16(21)24(36)35-20-12-41-11-17(20)25(37)34-14-4-7-18(27)23(8-14)43(29,30,31,32)33/h4,7-10,13,15,17,20H,2-3,5-6,11-12H2,1H3,(H,34,37)(H,35,36)(H,38,39). The van der Waals surface area contributed by atoms with Gasteiger partial charge < -0.3 is 30.0 Å². The van der Waals surface area contributed by atoms with Crippen molar-refractivity contribution in [1.82, 2.24) is 5.32 Å². The van der Waals surface area contributed by atoms with Gasteiger partial charge in [-0.25, -0.2) is 8.78 Å². The van der Waals surface area contributed by atoms with E-state index in [0.717, 1.165) is 12.1 Å². The van der Waals surface area contributed by atoms with Crippen molar-refractivity contribution in [2.24, 2.45) is 11.8 Å². The Morgan fingerprint density at radius 1 is 0.930 bits per heavy atom. The van der Waals surface area contributed by atoms with Gasteiger partial charge in [-0.2, -0.15) is 0 Å². The first kappa shape index (κ1) is 32.2. The molecule has 1 aliphatic carbocycles. The molecule has 1 heterocycles. The number of hydrogen-bond acceptors (Lipinski definition) is 6. The lowest BCUT2D eigenvalue weighted by atomic mass is 9.87. The van der Waals surface area contributed by atoms with Gasteiger partial charge in [-0.05, 0) is 49.9 Å². The van der Waals surface area contributed by atoms with Crippen LogP contribution in [-0.2, 0) is 14.3 Å². The zero-order valence-corrected chi connectivity index (χ0v) is 23.2. The van der Waals surface area contributed by atoms with E-state index < -0.39 is 74.2 Å². The number of aliphatic carboxylic acids is 1. The number of carbonyl (C=O) groups excluding carboxylic acids is 2. The number of carbonyl (C=O) groups is 3. The topological polar surface area (TPSA) is 123 Å². The third kappa shape index (κ3) is 7.62. The van der Waals surface area contributed by atoms with Gasteiger partial charge in [0, 0.05) is 11.8 Å². The fourth-order valence-electron chi connectivity index (χ4n) is 4.89. The Hall–Kier alpha value is -3.73. The van der Waals surface area contributed by atoms with Crippen LogP contribution in [-0.4, -0.2) is 55.4 Å². The second-order valence-electron chi connectivity index (χ2n) is 10.2. The minimum absolute atomic E-state index is 0.144. The summed E-state index contributed by atoms with van der Waals surface area (Å²) >= 11 is 0. The lowest BCUT2D eigenvalue weighted by molar-refractivity contribution is -0.143. The predicted molar refractivity (Wildman–Crippen MR) is 139 cm³/mol. The van der Waals surface area contributed by atoms with Gasteiger partial charge in [0.25, 0.3) is 5.91 Å². The molecule has 2 amide bonds. The molecule has 1 saturated carbocycles. The Balaban J connectivity index is 1.47. The van der Waals surface area contributed by atoms with Gasteiger partial charge in [-0.15, -0.1) is 0 Å². The Morgan fingerprint density at radius 3 is 2.21 bits per heavy atom. The zero-order valence-electron chi connectivity index (χ0n) is 22.4. The number of hydrogen-bond donors (Lipinski definition) is 3. The molecular formula is C26H27F7N2O7S. The lowest BCUT2D eigenvalue weighted by Gasteiger charge is -2.40. The molecule has 4 rings (SSSR count). The number of rotatable bonds is 9. The predicted octanol–water partition coefficient (Wildman–Crippen LogP) is 6.04. The maximum absolute atomic E-state index is 14.8. The molecule has 0 aromatic heterocycles. The zero-order chi connectivity index (χ0) is 31.8. The first-order valence-electron chi connectivity index (χ1n) is 12.9. The van der Waals surface area contributed by atoms with Crippen LogP contribution in [0.15, 0.2) is 35.2 Å². The number of nitrogens with one attached hydrogen (secondary N) is 2. The van der Waals surface area contributed by atoms with E-state index in [-0.39, 0.29) is 42.4 Å². The van der Waals surface area contributed by atoms with Crippen molar-refractivity contribution in [1.29, 1.82) is 0 Å². The lowest BCUT2D eigenvalue weighted by Crippen LogP contribution is -2.44. The van der Waals surface area contributed by atoms with Crippen LogP contribution in [0.5, 0.6) is 11.5 Å². The van der Waals surface area contributed by atoms with Crippen LogP contribution in [0, 0.1) is 23.5 Å². The Kier molecular flexibility index (Phi) is 8.29. The minimum atomic E-state index is -10.4. The van der Waals surface area contributed by atoms with Crippen molar-refractivity contribution in [3.05, 3.63) is 47.5 Å². The molecule has 2 aliphatic rings. The van der Waals surface area contributed by atoms with Crippen LogP contribution in [0.3, 0.4) is 0 Å². The molecule has 2 unspecified atom stereocenters. The van der Waals surface area contributed by atoms with Crippen LogP contribution >= 0.6 is 10.2 Å². The molecule has 2 aromatic carbocycles. The monoisotopic (exact) mass is 644 g/mol. The second kappa shape index (κ2) is 11.1. The highest BCUT2D eigenvalue weighted by Gasteiger charge is 2.67. The third-order valence-corrected chi connectivity index (χ3v) is 8.31. The maximum atomic E-state index is 14.8. The van der Waals surface area contributed by atoms with Gasteiger partial charge in [0.05, 0.1) is 49.9 Å². The highest BCUT2D eigenvalue weighted by molar-refractivity contribution is 8.45. The van der Waals surface area contributed by atoms with E-state index in [4.69, 9.17) is 19.3 Å². The van der Waals surface area contributed by atoms with Gasteiger partial charge >= 0.3 is 16.2 Å². The fourth-order valence-corrected chi connectivity index (χ4v) is 5.68. The molecule has 0 bridgehead atoms. The molecule has 2 fully saturated rings. The van der Waals surface area contributed by atoms with Crippen molar-refractivity contribution in [3.63, 3.8) is 0 Å². The first-order valence-corrected chi connectivity index (χ1v) is 14.8. The Morgan fingerprint density at radius 2 is 1.60 bits per heavy atom. The van der Waals surface area contributed by atoms with Crippen molar-refractivity contribution >= 4 is 33.7 Å². The summed E-state index contributed by atoms with van der Waals surface area (Å²) in [5, 5.41) is 13.7. The summed E-state index contributed by atoms with van der Waals surface area (Å²) < 4.78 is 110. The third-order valence-electron chi connectivity index (χ3n) is 7.16. The van der Waals surface area contributed by atoms with Gasteiger partial charge in [0.2, 0.25) is 5.91 Å². The number of amides is 2. The highest BCUT2D eigenvalue weighted by atomic mass is 32.5. The van der Waals surface area contributed by atoms with Gasteiger partial charge in [-0.1, -0.05) is 19.4 Å². The van der Waals surface area contributed by atoms with Crippen LogP contribution in [0.4, 0.5) is 33.9 Å². The number of carboxylic acids is 1. The highest BCUT2D eigenvalue weighted by Crippen LogP contribution is 3.02. The average molecular weight is 645 g/mol. The van der Waals surface area contributed by atoms with E-state index in [1.165, 1.54) is 7.11 Å². The van der Waals surface area contributed by atoms with E-state index in [2.05, 4.69) is 5.32 Å². The van der Waals surface area contributed by atoms with Crippen LogP contribution in [0.25, 0.3) is 0 Å². The van der Waals surface area contributed by atoms with Crippen LogP contribution in [0.1, 0.15) is 36.0 Å². The van der Waals surface area contributed by atoms with E-state index >= 15 is 0 Å². The van der Waals surface area contributed by atoms with Crippen molar-refractivity contribution in [3.8, 4) is 11.5 Å². The number of benzene rings is 2. The summed E-state index contributed by atoms with van der Waals surface area (Å²) in [5.41, 5.74) is -0.950. The number of methoxy groups -OCH3 is 1. The van der Waals surface area contributed by atoms with Gasteiger partial charge in [0.1, 0.15) is 16.5 Å². The van der Waals surface area contributed by atoms with E-state index in [1.807, 2.05) is 5.32 Å². The number of carboxylic acid groups (broad SMARTS) is 1. The smallest absolute Gasteiger partial charge is 0.313 e. The number of anilines is 1. The molecule has 17 heteroatoms. The summed E-state index contributed by atoms with van der Waals surface area (Å²) in [6.07, 6.45) is 0.845. The van der Waals surface area contributed by atoms with Crippen LogP contribution < -0.4 is 20.1 Å². The summed E-state index contributed by atoms with van der Waals surface area (Å²) in [4.78, 5) is 34.4. The molecule has 0 radical (unpaired) electrons. The Labute approximate surface area is 240 Å². The molecule has 3 N–H and O–H groups in total. The first-order chi connectivity index (χ1) is 19.9. The van der Waals surface area contributed by atoms with E-state index in [0.29, 0.717) is 31.7 Å². The number of ether oxygens (including phenoxy) is 3. The normalized spacial score (nSPS) is 23.9. The number of halogens is 7. The molecule has 1 saturated heterocycles. The molecule has 0 spiro atoms. The molecule has 2 atom stereocenters. The van der Waals surface area contributed by atoms with E-state index in [9.17, 15) is 42.6 Å². The molecule has 2 aromatic rings. The van der Waals surface area contributed by atoms with Crippen molar-refractivity contribution < 1.29 is 61.9 Å². The van der Waals surface area contributed by atoms with E-state index in [1.54, 1.807) is 0 Å². The van der Waals surface area contributed by atoms with Crippen molar-refractivity contribution in [2.75, 3.05) is 25.6 Å². The minimum Gasteiger partial charge on any atom is -0.496 e. The quantitative estimate of drug-likeness (QED) is 0.285. The van der Waals surface area contributed by atoms with Crippen LogP contribution in [0.2, 0.25) is 0 Å². The molecule has 43 heavy (non-hydrogen) atoms. The summed E-state index contributed by atoms with van der Waals surface area (Å²) in [5.74, 6) is -8.06. The molecule has 1 aliphatic heterocycles. The summed E-state index contributed by atoms with van der Waals surface area (Å²) in [6, 6.07) is 1.53. The molecular weight excluding hydrogens is 617 g/mol. The second-order valence-corrected chi connectivity index (χ2v) is 12.6. The molecule has 238 valence electrons. The Bertz CT molecular complexity index is 1430. The van der Waals surface area contributed by atoms with Gasteiger partial charge in [0.15, 0.2) is 11.6 Å². The fraction of sp³-hybridized carbons (Fsp3) is 0.423. The summed E-state index contributed by atoms with van der Waals surface area (Å²) in [7, 11) is -9.23. The SMILES string of the molecule is COc1cc(F)c(OC2CCC(C(=O)O)CC2)cc1C(=O)NC1COCC1C(=O)Nc1ccc(F)c(S(F)(F)(F)(F)F)c1. The average Bonchev–Trinajstić information content (AvgIpc) is 3.37. The summed E-state index contributed by atoms with van der Waals surface area (Å²) in [6.45, 7) is -0.524. The van der Waals surface area contributed by atoms with Crippen molar-refractivity contribution in [2.45, 2.75) is 42.7 Å².